The number of hydrogen-bond donors (Lipinski definition) is 9. The van der Waals surface area contributed by atoms with Crippen molar-refractivity contribution in [2.45, 2.75) is 43.5 Å². The third-order valence-electron chi connectivity index (χ3n) is 6.15. The number of aliphatic hydroxyl groups excluding tert-OH is 2. The quantitative estimate of drug-likeness (QED) is 0.207. The number of phenolic OH excluding ortho intramolecular Hbond substituents is 2. The molecule has 0 spiro atoms. The summed E-state index contributed by atoms with van der Waals surface area (Å²) in [5, 5.41) is 47.6. The summed E-state index contributed by atoms with van der Waals surface area (Å²) in [4.78, 5) is 39.0. The van der Waals surface area contributed by atoms with Gasteiger partial charge in [0.1, 0.15) is 23.6 Å². The fourth-order valence-corrected chi connectivity index (χ4v) is 4.07. The van der Waals surface area contributed by atoms with Gasteiger partial charge >= 0.3 is 0 Å². The molecule has 3 rings (SSSR count). The molecule has 4 atom stereocenters. The molecular formula is C25H33N5O7. The maximum absolute atomic E-state index is 13.2. The van der Waals surface area contributed by atoms with Crippen LogP contribution in [0, 0.1) is 0 Å². The molecule has 1 aliphatic heterocycles. The summed E-state index contributed by atoms with van der Waals surface area (Å²) in [6.07, 6.45) is -1.53. The van der Waals surface area contributed by atoms with Crippen LogP contribution in [-0.2, 0) is 27.2 Å². The third kappa shape index (κ3) is 7.17. The number of carbonyl (C=O) groups excluding carboxylic acids is 3. The van der Waals surface area contributed by atoms with Crippen LogP contribution in [0.5, 0.6) is 11.5 Å². The summed E-state index contributed by atoms with van der Waals surface area (Å²) in [5.41, 5.74) is 13.7. The van der Waals surface area contributed by atoms with Gasteiger partial charge in [0, 0.05) is 32.4 Å². The highest BCUT2D eigenvalue weighted by Crippen LogP contribution is 2.30. The molecule has 1 aliphatic rings. The fraction of sp³-hybridized carbons (Fsp3) is 0.400. The fourth-order valence-electron chi connectivity index (χ4n) is 4.07. The molecule has 1 heterocycles. The lowest BCUT2D eigenvalue weighted by Crippen LogP contribution is -2.57. The minimum Gasteiger partial charge on any atom is -0.508 e. The van der Waals surface area contributed by atoms with E-state index in [2.05, 4.69) is 16.0 Å². The zero-order valence-electron chi connectivity index (χ0n) is 20.2. The summed E-state index contributed by atoms with van der Waals surface area (Å²) in [6.45, 7) is -0.558. The number of aromatic hydroxyl groups is 2. The van der Waals surface area contributed by atoms with Crippen molar-refractivity contribution < 1.29 is 34.8 Å². The second kappa shape index (κ2) is 12.5. The second-order valence-corrected chi connectivity index (χ2v) is 8.96. The van der Waals surface area contributed by atoms with E-state index < -0.39 is 42.0 Å². The number of carbonyl (C=O) groups is 3. The molecule has 12 heteroatoms. The number of phenols is 2. The van der Waals surface area contributed by atoms with Gasteiger partial charge in [-0.15, -0.1) is 0 Å². The highest BCUT2D eigenvalue weighted by Gasteiger charge is 2.30. The monoisotopic (exact) mass is 515 g/mol. The lowest BCUT2D eigenvalue weighted by molar-refractivity contribution is -0.133. The number of fused-ring (bicyclic) bond motifs is 5. The van der Waals surface area contributed by atoms with Gasteiger partial charge in [-0.25, -0.2) is 0 Å². The molecule has 0 saturated heterocycles. The van der Waals surface area contributed by atoms with Crippen molar-refractivity contribution >= 4 is 17.7 Å². The van der Waals surface area contributed by atoms with Crippen LogP contribution >= 0.6 is 0 Å². The molecule has 2 aromatic carbocycles. The number of rotatable bonds is 6. The van der Waals surface area contributed by atoms with Crippen molar-refractivity contribution in [1.29, 1.82) is 0 Å². The molecule has 0 fully saturated rings. The molecular weight excluding hydrogens is 482 g/mol. The Balaban J connectivity index is 2.09. The Labute approximate surface area is 213 Å². The molecule has 0 aromatic heterocycles. The first-order chi connectivity index (χ1) is 17.6. The van der Waals surface area contributed by atoms with Crippen molar-refractivity contribution in [2.24, 2.45) is 11.5 Å². The van der Waals surface area contributed by atoms with Gasteiger partial charge in [-0.05, 0) is 46.5 Å². The lowest BCUT2D eigenvalue weighted by atomic mass is 9.95. The van der Waals surface area contributed by atoms with Crippen molar-refractivity contribution in [3.05, 3.63) is 47.5 Å². The molecule has 2 aromatic rings. The van der Waals surface area contributed by atoms with Crippen LogP contribution in [0.25, 0.3) is 11.1 Å². The molecule has 0 aliphatic carbocycles. The van der Waals surface area contributed by atoms with Gasteiger partial charge in [-0.2, -0.15) is 0 Å². The van der Waals surface area contributed by atoms with E-state index in [0.717, 1.165) is 0 Å². The van der Waals surface area contributed by atoms with E-state index in [0.29, 0.717) is 22.3 Å². The van der Waals surface area contributed by atoms with Crippen molar-refractivity contribution in [2.75, 3.05) is 19.7 Å². The Morgan fingerprint density at radius 3 is 2.16 bits per heavy atom. The van der Waals surface area contributed by atoms with Crippen LogP contribution in [0.3, 0.4) is 0 Å². The zero-order chi connectivity index (χ0) is 27.1. The Hall–Kier alpha value is -3.71. The predicted octanol–water partition coefficient (Wildman–Crippen LogP) is -2.02. The second-order valence-electron chi connectivity index (χ2n) is 8.96. The lowest BCUT2D eigenvalue weighted by Gasteiger charge is -2.25. The first kappa shape index (κ1) is 27.9. The molecule has 11 N–H and O–H groups in total. The number of benzene rings is 2. The first-order valence-electron chi connectivity index (χ1n) is 11.9. The van der Waals surface area contributed by atoms with Crippen molar-refractivity contribution in [3.63, 3.8) is 0 Å². The smallest absolute Gasteiger partial charge is 0.243 e. The van der Waals surface area contributed by atoms with Crippen LogP contribution in [0.2, 0.25) is 0 Å². The normalized spacial score (nSPS) is 21.1. The van der Waals surface area contributed by atoms with Gasteiger partial charge in [0.05, 0.1) is 18.8 Å². The largest absolute Gasteiger partial charge is 0.508 e. The Kier molecular flexibility index (Phi) is 9.42. The molecule has 37 heavy (non-hydrogen) atoms. The maximum atomic E-state index is 13.2. The van der Waals surface area contributed by atoms with E-state index in [1.807, 2.05) is 0 Å². The van der Waals surface area contributed by atoms with Gasteiger partial charge in [-0.1, -0.05) is 12.1 Å². The summed E-state index contributed by atoms with van der Waals surface area (Å²) < 4.78 is 0. The van der Waals surface area contributed by atoms with E-state index >= 15 is 0 Å². The molecule has 4 bridgehead atoms. The summed E-state index contributed by atoms with van der Waals surface area (Å²) in [5.74, 6) is -2.27. The molecule has 0 saturated carbocycles. The summed E-state index contributed by atoms with van der Waals surface area (Å²) >= 11 is 0. The molecule has 0 radical (unpaired) electrons. The number of nitrogens with one attached hydrogen (secondary N) is 3. The van der Waals surface area contributed by atoms with E-state index in [9.17, 15) is 29.7 Å². The van der Waals surface area contributed by atoms with E-state index in [1.165, 1.54) is 12.1 Å². The van der Waals surface area contributed by atoms with Crippen LogP contribution in [0.4, 0.5) is 0 Å². The topological polar surface area (TPSA) is 220 Å². The Morgan fingerprint density at radius 2 is 1.59 bits per heavy atom. The Morgan fingerprint density at radius 1 is 1.00 bits per heavy atom. The first-order valence-corrected chi connectivity index (χ1v) is 11.9. The highest BCUT2D eigenvalue weighted by molar-refractivity contribution is 5.93. The summed E-state index contributed by atoms with van der Waals surface area (Å²) in [6, 6.07) is 5.95. The van der Waals surface area contributed by atoms with Gasteiger partial charge in [0.15, 0.2) is 0 Å². The minimum absolute atomic E-state index is 0.0452. The molecule has 200 valence electrons. The SMILES string of the molecule is NC[C@H](O)C[C@@H]1NC(=O)[C@@H](N)Cc2cc(ccc2O)-c2ccc(O)c(c2)C[C@@H](C(=O)NCCO)NC1=O. The number of hydrogen-bond acceptors (Lipinski definition) is 9. The Bertz CT molecular complexity index is 1140. The van der Waals surface area contributed by atoms with Crippen molar-refractivity contribution in [3.8, 4) is 22.6 Å². The van der Waals surface area contributed by atoms with Crippen LogP contribution < -0.4 is 27.4 Å². The van der Waals surface area contributed by atoms with E-state index in [1.54, 1.807) is 24.3 Å². The van der Waals surface area contributed by atoms with E-state index in [-0.39, 0.29) is 50.5 Å². The van der Waals surface area contributed by atoms with Crippen molar-refractivity contribution in [1.82, 2.24) is 16.0 Å². The standard InChI is InChI=1S/C25H33N5O7/c26-12-17(32)11-20-25(37)30-19(24(36)28-5-6-31)10-16-8-14(2-4-22(16)34)13-1-3-21(33)15(7-13)9-18(27)23(35)29-20/h1-4,7-8,17-20,31-34H,5-6,9-12,26-27H2,(H,28,36)(H,29,35)(H,30,37)/t17-,18+,19+,20+/m1/s1. The van der Waals surface area contributed by atoms with Gasteiger partial charge in [-0.3, -0.25) is 14.4 Å². The van der Waals surface area contributed by atoms with Crippen LogP contribution in [-0.4, -0.2) is 82.1 Å². The zero-order valence-corrected chi connectivity index (χ0v) is 20.2. The van der Waals surface area contributed by atoms with Gasteiger partial charge in [0.2, 0.25) is 17.7 Å². The molecule has 12 nitrogen and oxygen atoms in total. The van der Waals surface area contributed by atoms with Crippen LogP contribution in [0.1, 0.15) is 17.5 Å². The average Bonchev–Trinajstić information content (AvgIpc) is 2.88. The number of aliphatic hydroxyl groups is 2. The minimum atomic E-state index is -1.28. The van der Waals surface area contributed by atoms with Gasteiger partial charge in [0.25, 0.3) is 0 Å². The average molecular weight is 516 g/mol. The predicted molar refractivity (Wildman–Crippen MR) is 134 cm³/mol. The molecule has 3 amide bonds. The highest BCUT2D eigenvalue weighted by atomic mass is 16.3. The van der Waals surface area contributed by atoms with E-state index in [4.69, 9.17) is 16.6 Å². The van der Waals surface area contributed by atoms with Crippen LogP contribution in [0.15, 0.2) is 36.4 Å². The molecule has 0 unspecified atom stereocenters. The third-order valence-corrected chi connectivity index (χ3v) is 6.15. The number of amides is 3. The maximum Gasteiger partial charge on any atom is 0.243 e. The van der Waals surface area contributed by atoms with Gasteiger partial charge < -0.3 is 47.8 Å². The number of nitrogens with two attached hydrogens (primary N) is 2. The summed E-state index contributed by atoms with van der Waals surface area (Å²) in [7, 11) is 0.